The molecule has 5 nitrogen and oxygen atoms in total. The van der Waals surface area contributed by atoms with E-state index in [-0.39, 0.29) is 18.7 Å². The molecule has 1 aromatic carbocycles. The second-order valence-electron chi connectivity index (χ2n) is 3.54. The minimum Gasteiger partial charge on any atom is -0.423 e. The van der Waals surface area contributed by atoms with Gasteiger partial charge in [-0.05, 0) is 11.6 Å². The van der Waals surface area contributed by atoms with Crippen molar-refractivity contribution < 1.29 is 29.4 Å². The molecule has 1 atom stereocenters. The van der Waals surface area contributed by atoms with Crippen LogP contribution in [-0.2, 0) is 11.3 Å². The van der Waals surface area contributed by atoms with E-state index in [4.69, 9.17) is 20.0 Å². The third-order valence-electron chi connectivity index (χ3n) is 2.17. The Morgan fingerprint density at radius 3 is 2.59 bits per heavy atom. The smallest absolute Gasteiger partial charge is 0.423 e. The lowest BCUT2D eigenvalue weighted by Gasteiger charge is -2.12. The van der Waals surface area contributed by atoms with Crippen LogP contribution in [0.1, 0.15) is 5.56 Å². The van der Waals surface area contributed by atoms with Gasteiger partial charge in [0.2, 0.25) is 0 Å². The quantitative estimate of drug-likeness (QED) is 0.451. The van der Waals surface area contributed by atoms with E-state index in [0.29, 0.717) is 5.56 Å². The molecule has 17 heavy (non-hydrogen) atoms. The highest BCUT2D eigenvalue weighted by Gasteiger charge is 2.22. The first-order chi connectivity index (χ1) is 8.08. The van der Waals surface area contributed by atoms with Gasteiger partial charge in [-0.2, -0.15) is 0 Å². The highest BCUT2D eigenvalue weighted by Crippen LogP contribution is 2.03. The van der Waals surface area contributed by atoms with Crippen LogP contribution in [0.2, 0.25) is 0 Å². The maximum atomic E-state index is 13.4. The molecule has 0 saturated carbocycles. The molecule has 0 saturated heterocycles. The molecule has 4 N–H and O–H groups in total. The first-order valence-electron chi connectivity index (χ1n) is 5.06. The summed E-state index contributed by atoms with van der Waals surface area (Å²) in [5.41, 5.74) is 0.293. The molecule has 0 heterocycles. The van der Waals surface area contributed by atoms with E-state index in [1.807, 2.05) is 0 Å². The fourth-order valence-electron chi connectivity index (χ4n) is 1.21. The fraction of sp³-hybridized carbons (Fsp3) is 0.400. The van der Waals surface area contributed by atoms with Gasteiger partial charge in [-0.1, -0.05) is 12.1 Å². The van der Waals surface area contributed by atoms with E-state index >= 15 is 0 Å². The lowest BCUT2D eigenvalue weighted by atomic mass is 9.78. The van der Waals surface area contributed by atoms with Gasteiger partial charge in [0.1, 0.15) is 5.82 Å². The zero-order valence-corrected chi connectivity index (χ0v) is 9.08. The van der Waals surface area contributed by atoms with Gasteiger partial charge in [0.05, 0.1) is 25.9 Å². The lowest BCUT2D eigenvalue weighted by Crippen LogP contribution is -2.38. The van der Waals surface area contributed by atoms with Gasteiger partial charge < -0.3 is 25.0 Å². The standard InChI is InChI=1S/C10H14BFO5/c12-10-3-7(4-13)1-2-9(10)11(16)17-6-8(15)5-14/h1-3,8,13-16H,4-6H2. The zero-order valence-electron chi connectivity index (χ0n) is 9.08. The van der Waals surface area contributed by atoms with Crippen molar-refractivity contribution in [3.63, 3.8) is 0 Å². The van der Waals surface area contributed by atoms with Gasteiger partial charge >= 0.3 is 7.12 Å². The Morgan fingerprint density at radius 1 is 1.35 bits per heavy atom. The Hall–Kier alpha value is -0.985. The van der Waals surface area contributed by atoms with E-state index in [2.05, 4.69) is 0 Å². The summed E-state index contributed by atoms with van der Waals surface area (Å²) in [5.74, 6) is -0.706. The first kappa shape index (κ1) is 14.1. The summed E-state index contributed by atoms with van der Waals surface area (Å²) in [6, 6.07) is 3.83. The highest BCUT2D eigenvalue weighted by atomic mass is 19.1. The van der Waals surface area contributed by atoms with Crippen molar-refractivity contribution >= 4 is 12.6 Å². The van der Waals surface area contributed by atoms with Crippen molar-refractivity contribution in [1.29, 1.82) is 0 Å². The van der Waals surface area contributed by atoms with Crippen molar-refractivity contribution in [3.05, 3.63) is 29.6 Å². The SMILES string of the molecule is OCc1ccc(B(O)OCC(O)CO)c(F)c1. The second kappa shape index (κ2) is 6.68. The molecule has 0 amide bonds. The maximum absolute atomic E-state index is 13.4. The monoisotopic (exact) mass is 244 g/mol. The van der Waals surface area contributed by atoms with Gasteiger partial charge in [0.15, 0.2) is 0 Å². The lowest BCUT2D eigenvalue weighted by molar-refractivity contribution is 0.0479. The molecule has 0 bridgehead atoms. The molecule has 7 heteroatoms. The van der Waals surface area contributed by atoms with Crippen LogP contribution in [0.15, 0.2) is 18.2 Å². The van der Waals surface area contributed by atoms with Crippen LogP contribution in [-0.4, -0.2) is 46.8 Å². The minimum atomic E-state index is -1.52. The Bertz CT molecular complexity index is 363. The Labute approximate surface area is 98.2 Å². The summed E-state index contributed by atoms with van der Waals surface area (Å²) < 4.78 is 18.2. The van der Waals surface area contributed by atoms with Crippen molar-refractivity contribution in [2.45, 2.75) is 12.7 Å². The van der Waals surface area contributed by atoms with Crippen LogP contribution >= 0.6 is 0 Å². The number of hydrogen-bond donors (Lipinski definition) is 4. The molecule has 0 spiro atoms. The number of hydrogen-bond acceptors (Lipinski definition) is 5. The van der Waals surface area contributed by atoms with E-state index in [0.717, 1.165) is 6.07 Å². The van der Waals surface area contributed by atoms with E-state index in [9.17, 15) is 9.41 Å². The van der Waals surface area contributed by atoms with E-state index < -0.39 is 25.6 Å². The third-order valence-corrected chi connectivity index (χ3v) is 2.17. The van der Waals surface area contributed by atoms with Crippen LogP contribution in [0.5, 0.6) is 0 Å². The van der Waals surface area contributed by atoms with Crippen LogP contribution in [0, 0.1) is 5.82 Å². The average molecular weight is 244 g/mol. The normalized spacial score (nSPS) is 12.5. The molecular formula is C10H14BFO5. The minimum absolute atomic E-state index is 0.0904. The molecule has 0 aliphatic heterocycles. The molecular weight excluding hydrogens is 230 g/mol. The molecule has 1 rings (SSSR count). The molecule has 0 radical (unpaired) electrons. The number of aliphatic hydroxyl groups is 3. The van der Waals surface area contributed by atoms with Crippen LogP contribution in [0.4, 0.5) is 4.39 Å². The number of rotatable bonds is 6. The molecule has 1 unspecified atom stereocenters. The van der Waals surface area contributed by atoms with Gasteiger partial charge in [-0.15, -0.1) is 0 Å². The summed E-state index contributed by atoms with van der Waals surface area (Å²) in [7, 11) is -1.52. The molecule has 0 aliphatic carbocycles. The maximum Gasteiger partial charge on any atom is 0.494 e. The van der Waals surface area contributed by atoms with Gasteiger partial charge in [-0.3, -0.25) is 0 Å². The van der Waals surface area contributed by atoms with E-state index in [1.165, 1.54) is 12.1 Å². The van der Waals surface area contributed by atoms with Crippen molar-refractivity contribution in [1.82, 2.24) is 0 Å². The Kier molecular flexibility index (Phi) is 5.53. The summed E-state index contributed by atoms with van der Waals surface area (Å²) in [4.78, 5) is 0. The second-order valence-corrected chi connectivity index (χ2v) is 3.54. The average Bonchev–Trinajstić information content (AvgIpc) is 2.35. The summed E-state index contributed by atoms with van der Waals surface area (Å²) in [5, 5.41) is 35.8. The topological polar surface area (TPSA) is 90.2 Å². The number of halogens is 1. The van der Waals surface area contributed by atoms with Crippen LogP contribution < -0.4 is 5.46 Å². The Balaban J connectivity index is 2.65. The molecule has 94 valence electrons. The van der Waals surface area contributed by atoms with Crippen molar-refractivity contribution in [2.24, 2.45) is 0 Å². The van der Waals surface area contributed by atoms with Crippen molar-refractivity contribution in [3.8, 4) is 0 Å². The Morgan fingerprint density at radius 2 is 2.06 bits per heavy atom. The fourth-order valence-corrected chi connectivity index (χ4v) is 1.21. The van der Waals surface area contributed by atoms with Crippen LogP contribution in [0.3, 0.4) is 0 Å². The van der Waals surface area contributed by atoms with Gasteiger partial charge in [0, 0.05) is 5.46 Å². The zero-order chi connectivity index (χ0) is 12.8. The summed E-state index contributed by atoms with van der Waals surface area (Å²) in [6.45, 7) is -1.10. The highest BCUT2D eigenvalue weighted by molar-refractivity contribution is 6.60. The predicted octanol–water partition coefficient (Wildman–Crippen LogP) is -1.62. The third kappa shape index (κ3) is 4.06. The first-order valence-corrected chi connectivity index (χ1v) is 5.06. The molecule has 1 aromatic rings. The largest absolute Gasteiger partial charge is 0.494 e. The van der Waals surface area contributed by atoms with E-state index in [1.54, 1.807) is 0 Å². The summed E-state index contributed by atoms with van der Waals surface area (Å²) in [6.07, 6.45) is -1.12. The van der Waals surface area contributed by atoms with Crippen molar-refractivity contribution in [2.75, 3.05) is 13.2 Å². The molecule has 0 aliphatic rings. The molecule has 0 aromatic heterocycles. The number of aliphatic hydroxyl groups excluding tert-OH is 3. The van der Waals surface area contributed by atoms with Crippen LogP contribution in [0.25, 0.3) is 0 Å². The van der Waals surface area contributed by atoms with Gasteiger partial charge in [-0.25, -0.2) is 4.39 Å². The molecule has 0 fully saturated rings. The predicted molar refractivity (Wildman–Crippen MR) is 59.0 cm³/mol. The van der Waals surface area contributed by atoms with Gasteiger partial charge in [0.25, 0.3) is 0 Å². The number of benzene rings is 1. The summed E-state index contributed by atoms with van der Waals surface area (Å²) >= 11 is 0.